The van der Waals surface area contributed by atoms with Gasteiger partial charge in [0.05, 0.1) is 0 Å². The van der Waals surface area contributed by atoms with E-state index in [9.17, 15) is 14.4 Å². The maximum absolute atomic E-state index is 13.4. The predicted molar refractivity (Wildman–Crippen MR) is 127 cm³/mol. The largest absolute Gasteiger partial charge is 0.352 e. The van der Waals surface area contributed by atoms with Gasteiger partial charge in [0.2, 0.25) is 5.43 Å². The third kappa shape index (κ3) is 5.80. The minimum atomic E-state index is -0.447. The van der Waals surface area contributed by atoms with Gasteiger partial charge < -0.3 is 14.8 Å². The fourth-order valence-electron chi connectivity index (χ4n) is 4.95. The summed E-state index contributed by atoms with van der Waals surface area (Å²) in [6.07, 6.45) is 9.22. The number of hydrogen-bond acceptors (Lipinski definition) is 4. The zero-order valence-corrected chi connectivity index (χ0v) is 20.2. The van der Waals surface area contributed by atoms with Gasteiger partial charge in [-0.1, -0.05) is 40.5 Å². The number of carbonyl (C=O) groups is 2. The van der Waals surface area contributed by atoms with E-state index in [2.05, 4.69) is 37.9 Å². The van der Waals surface area contributed by atoms with Crippen molar-refractivity contribution in [3.8, 4) is 0 Å². The molecule has 1 aliphatic carbocycles. The van der Waals surface area contributed by atoms with Crippen LogP contribution in [0, 0.1) is 5.92 Å². The molecule has 2 heterocycles. The molecule has 1 aromatic heterocycles. The molecular formula is C25H40N4O3. The lowest BCUT2D eigenvalue weighted by molar-refractivity contribution is 0.0775. The number of likely N-dealkylation sites (N-methyl/N-ethyl adjacent to an activating group) is 1. The first kappa shape index (κ1) is 24.5. The fourth-order valence-corrected chi connectivity index (χ4v) is 4.95. The Bertz CT molecular complexity index is 853. The van der Waals surface area contributed by atoms with Crippen molar-refractivity contribution >= 4 is 11.8 Å². The van der Waals surface area contributed by atoms with Crippen LogP contribution in [-0.2, 0) is 6.54 Å². The Hall–Kier alpha value is -2.15. The van der Waals surface area contributed by atoms with Crippen LogP contribution in [0.15, 0.2) is 17.2 Å². The fraction of sp³-hybridized carbons (Fsp3) is 0.720. The summed E-state index contributed by atoms with van der Waals surface area (Å²) in [5, 5.41) is 3.02. The molecule has 0 spiro atoms. The van der Waals surface area contributed by atoms with Crippen LogP contribution in [0.2, 0.25) is 0 Å². The molecular weight excluding hydrogens is 404 g/mol. The highest BCUT2D eigenvalue weighted by Gasteiger charge is 2.32. The standard InChI is InChI=1S/C25H40N4O3/c1-5-28(6-2)20-12-14-29(15-20)25(32)22-17-27(13-11-18(3)4)16-21(23(22)30)24(31)26-19-9-7-8-10-19/h16-20H,5-15H2,1-4H3,(H,26,31)/t20-/m1/s1. The summed E-state index contributed by atoms with van der Waals surface area (Å²) < 4.78 is 1.86. The number of hydrogen-bond donors (Lipinski definition) is 1. The van der Waals surface area contributed by atoms with Gasteiger partial charge in [-0.3, -0.25) is 19.3 Å². The first-order valence-electron chi connectivity index (χ1n) is 12.4. The van der Waals surface area contributed by atoms with E-state index in [1.165, 1.54) is 0 Å². The molecule has 2 amide bonds. The average molecular weight is 445 g/mol. The van der Waals surface area contributed by atoms with Crippen LogP contribution in [0.1, 0.15) is 86.9 Å². The number of rotatable bonds is 9. The van der Waals surface area contributed by atoms with E-state index in [-0.39, 0.29) is 29.0 Å². The molecule has 1 saturated carbocycles. The lowest BCUT2D eigenvalue weighted by Gasteiger charge is -2.26. The first-order chi connectivity index (χ1) is 15.3. The Morgan fingerprint density at radius 3 is 2.38 bits per heavy atom. The third-order valence-electron chi connectivity index (χ3n) is 6.99. The van der Waals surface area contributed by atoms with Gasteiger partial charge in [-0.2, -0.15) is 0 Å². The maximum Gasteiger partial charge on any atom is 0.259 e. The van der Waals surface area contributed by atoms with Crippen LogP contribution in [0.5, 0.6) is 0 Å². The molecule has 0 unspecified atom stereocenters. The first-order valence-corrected chi connectivity index (χ1v) is 12.4. The molecule has 0 aromatic carbocycles. The second-order valence-corrected chi connectivity index (χ2v) is 9.70. The number of aromatic nitrogens is 1. The minimum absolute atomic E-state index is 0.0889. The van der Waals surface area contributed by atoms with Crippen LogP contribution in [0.4, 0.5) is 0 Å². The molecule has 1 atom stereocenters. The number of aryl methyl sites for hydroxylation is 1. The van der Waals surface area contributed by atoms with E-state index in [1.54, 1.807) is 17.3 Å². The van der Waals surface area contributed by atoms with Crippen molar-refractivity contribution in [2.75, 3.05) is 26.2 Å². The smallest absolute Gasteiger partial charge is 0.259 e. The molecule has 2 aliphatic rings. The summed E-state index contributed by atoms with van der Waals surface area (Å²) >= 11 is 0. The Labute approximate surface area is 192 Å². The molecule has 1 aliphatic heterocycles. The number of nitrogens with zero attached hydrogens (tertiary/aromatic N) is 3. The number of carbonyl (C=O) groups excluding carboxylic acids is 2. The Morgan fingerprint density at radius 1 is 1.09 bits per heavy atom. The minimum Gasteiger partial charge on any atom is -0.352 e. The Kier molecular flexibility index (Phi) is 8.51. The van der Waals surface area contributed by atoms with Crippen molar-refractivity contribution in [3.05, 3.63) is 33.7 Å². The molecule has 3 rings (SSSR count). The van der Waals surface area contributed by atoms with Gasteiger partial charge in [-0.05, 0) is 44.7 Å². The van der Waals surface area contributed by atoms with Crippen LogP contribution < -0.4 is 10.7 Å². The highest BCUT2D eigenvalue weighted by atomic mass is 16.2. The molecule has 2 fully saturated rings. The maximum atomic E-state index is 13.4. The molecule has 1 aromatic rings. The predicted octanol–water partition coefficient (Wildman–Crippen LogP) is 3.12. The number of amides is 2. The lowest BCUT2D eigenvalue weighted by Crippen LogP contribution is -2.41. The third-order valence-corrected chi connectivity index (χ3v) is 6.99. The molecule has 0 bridgehead atoms. The van der Waals surface area contributed by atoms with Crippen LogP contribution in [0.25, 0.3) is 0 Å². The summed E-state index contributed by atoms with van der Waals surface area (Å²) in [6.45, 7) is 12.4. The topological polar surface area (TPSA) is 74.7 Å². The van der Waals surface area contributed by atoms with E-state index >= 15 is 0 Å². The summed E-state index contributed by atoms with van der Waals surface area (Å²) in [5.74, 6) is -0.117. The molecule has 32 heavy (non-hydrogen) atoms. The molecule has 0 radical (unpaired) electrons. The molecule has 178 valence electrons. The van der Waals surface area contributed by atoms with Gasteiger partial charge in [0.1, 0.15) is 11.1 Å². The summed E-state index contributed by atoms with van der Waals surface area (Å²) in [4.78, 5) is 43.8. The second kappa shape index (κ2) is 11.1. The van der Waals surface area contributed by atoms with Gasteiger partial charge >= 0.3 is 0 Å². The van der Waals surface area contributed by atoms with Gasteiger partial charge in [-0.25, -0.2) is 0 Å². The van der Waals surface area contributed by atoms with Crippen LogP contribution >= 0.6 is 0 Å². The highest BCUT2D eigenvalue weighted by molar-refractivity contribution is 5.99. The van der Waals surface area contributed by atoms with E-state index in [4.69, 9.17) is 0 Å². The Morgan fingerprint density at radius 2 is 1.75 bits per heavy atom. The van der Waals surface area contributed by atoms with Crippen LogP contribution in [0.3, 0.4) is 0 Å². The van der Waals surface area contributed by atoms with E-state index < -0.39 is 5.43 Å². The van der Waals surface area contributed by atoms with Crippen LogP contribution in [-0.4, -0.2) is 64.4 Å². The van der Waals surface area contributed by atoms with Gasteiger partial charge in [0, 0.05) is 44.1 Å². The Balaban J connectivity index is 1.86. The van der Waals surface area contributed by atoms with Gasteiger partial charge in [0.25, 0.3) is 11.8 Å². The quantitative estimate of drug-likeness (QED) is 0.635. The molecule has 1 saturated heterocycles. The summed E-state index contributed by atoms with van der Waals surface area (Å²) in [6, 6.07) is 0.449. The molecule has 7 nitrogen and oxygen atoms in total. The summed E-state index contributed by atoms with van der Waals surface area (Å²) in [7, 11) is 0. The van der Waals surface area contributed by atoms with Gasteiger partial charge in [-0.15, -0.1) is 0 Å². The van der Waals surface area contributed by atoms with Crippen molar-refractivity contribution in [3.63, 3.8) is 0 Å². The van der Waals surface area contributed by atoms with Crippen molar-refractivity contribution in [1.29, 1.82) is 0 Å². The van der Waals surface area contributed by atoms with Crippen molar-refractivity contribution in [1.82, 2.24) is 19.7 Å². The highest BCUT2D eigenvalue weighted by Crippen LogP contribution is 2.19. The van der Waals surface area contributed by atoms with Crippen molar-refractivity contribution < 1.29 is 9.59 Å². The number of nitrogens with one attached hydrogen (secondary N) is 1. The van der Waals surface area contributed by atoms with Crippen molar-refractivity contribution in [2.45, 2.75) is 84.8 Å². The van der Waals surface area contributed by atoms with E-state index in [0.717, 1.165) is 51.6 Å². The van der Waals surface area contributed by atoms with E-state index in [0.29, 0.717) is 31.6 Å². The lowest BCUT2D eigenvalue weighted by atomic mass is 10.1. The van der Waals surface area contributed by atoms with Crippen molar-refractivity contribution in [2.24, 2.45) is 5.92 Å². The number of pyridine rings is 1. The number of likely N-dealkylation sites (tertiary alicyclic amines) is 1. The zero-order valence-electron chi connectivity index (χ0n) is 20.2. The SMILES string of the molecule is CCN(CC)[C@@H]1CCN(C(=O)c2cn(CCC(C)C)cc(C(=O)NC3CCCC3)c2=O)C1. The monoisotopic (exact) mass is 444 g/mol. The molecule has 1 N–H and O–H groups in total. The second-order valence-electron chi connectivity index (χ2n) is 9.70. The zero-order chi connectivity index (χ0) is 23.3. The average Bonchev–Trinajstić information content (AvgIpc) is 3.46. The summed E-state index contributed by atoms with van der Waals surface area (Å²) in [5.41, 5.74) is -0.239. The normalized spacial score (nSPS) is 19.3. The van der Waals surface area contributed by atoms with Gasteiger partial charge in [0.15, 0.2) is 0 Å². The van der Waals surface area contributed by atoms with E-state index in [1.807, 2.05) is 4.57 Å². The molecule has 7 heteroatoms.